The van der Waals surface area contributed by atoms with Gasteiger partial charge in [-0.1, -0.05) is 17.2 Å². The second-order valence-corrected chi connectivity index (χ2v) is 4.57. The summed E-state index contributed by atoms with van der Waals surface area (Å²) in [6.07, 6.45) is 0. The maximum atomic E-state index is 11.5. The quantitative estimate of drug-likeness (QED) is 0.454. The molecule has 0 atom stereocenters. The van der Waals surface area contributed by atoms with Crippen LogP contribution in [0.2, 0.25) is 0 Å². The highest BCUT2D eigenvalue weighted by Gasteiger charge is 2.12. The summed E-state index contributed by atoms with van der Waals surface area (Å²) in [4.78, 5) is 2.63. The van der Waals surface area contributed by atoms with Crippen molar-refractivity contribution in [2.75, 3.05) is 13.2 Å². The highest BCUT2D eigenvalue weighted by molar-refractivity contribution is 7.89. The molecule has 16 heavy (non-hydrogen) atoms. The smallest absolute Gasteiger partial charge is 0.240 e. The lowest BCUT2D eigenvalue weighted by Gasteiger charge is -2.04. The minimum atomic E-state index is -3.60. The lowest BCUT2D eigenvalue weighted by Crippen LogP contribution is -2.26. The monoisotopic (exact) mass is 242 g/mol. The molecule has 2 N–H and O–H groups in total. The Bertz CT molecular complexity index is 491. The van der Waals surface area contributed by atoms with Gasteiger partial charge in [-0.15, -0.1) is 0 Å². The van der Waals surface area contributed by atoms with Crippen molar-refractivity contribution in [1.29, 1.82) is 0 Å². The fraction of sp³-hybridized carbons (Fsp3) is 0.250. The third kappa shape index (κ3) is 3.21. The zero-order valence-corrected chi connectivity index (χ0v) is 9.05. The number of hydrogen-bond acceptors (Lipinski definition) is 4. The number of hydrogen-bond donors (Lipinski definition) is 2. The van der Waals surface area contributed by atoms with Crippen LogP contribution in [0.25, 0.3) is 10.4 Å². The highest BCUT2D eigenvalue weighted by atomic mass is 32.2. The second kappa shape index (κ2) is 5.47. The molecular weight excluding hydrogens is 232 g/mol. The fourth-order valence-electron chi connectivity index (χ4n) is 1.01. The van der Waals surface area contributed by atoms with E-state index in [9.17, 15) is 8.42 Å². The Morgan fingerprint density at radius 3 is 2.50 bits per heavy atom. The van der Waals surface area contributed by atoms with Crippen molar-refractivity contribution in [3.63, 3.8) is 0 Å². The van der Waals surface area contributed by atoms with Gasteiger partial charge in [-0.25, -0.2) is 13.1 Å². The van der Waals surface area contributed by atoms with E-state index >= 15 is 0 Å². The lowest BCUT2D eigenvalue weighted by atomic mass is 10.3. The van der Waals surface area contributed by atoms with E-state index in [4.69, 9.17) is 10.6 Å². The summed E-state index contributed by atoms with van der Waals surface area (Å²) in [5.41, 5.74) is 8.50. The summed E-state index contributed by atoms with van der Waals surface area (Å²) in [7, 11) is -3.60. The van der Waals surface area contributed by atoms with Crippen molar-refractivity contribution in [2.45, 2.75) is 4.90 Å². The van der Waals surface area contributed by atoms with E-state index in [1.165, 1.54) is 24.3 Å². The third-order valence-electron chi connectivity index (χ3n) is 1.71. The summed E-state index contributed by atoms with van der Waals surface area (Å²) in [6, 6.07) is 5.44. The van der Waals surface area contributed by atoms with Crippen LogP contribution in [0.5, 0.6) is 0 Å². The molecule has 1 aromatic carbocycles. The summed E-state index contributed by atoms with van der Waals surface area (Å²) >= 11 is 0. The molecule has 1 rings (SSSR count). The van der Waals surface area contributed by atoms with Crippen molar-refractivity contribution in [3.05, 3.63) is 34.7 Å². The van der Waals surface area contributed by atoms with E-state index in [2.05, 4.69) is 14.7 Å². The van der Waals surface area contributed by atoms with Gasteiger partial charge in [0.25, 0.3) is 0 Å². The highest BCUT2D eigenvalue weighted by Crippen LogP contribution is 2.16. The molecule has 0 bridgehead atoms. The largest absolute Gasteiger partial charge is 0.395 e. The van der Waals surface area contributed by atoms with Gasteiger partial charge in [-0.05, 0) is 17.7 Å². The van der Waals surface area contributed by atoms with Gasteiger partial charge in [0, 0.05) is 17.1 Å². The zero-order chi connectivity index (χ0) is 12.0. The molecule has 0 saturated carbocycles. The van der Waals surface area contributed by atoms with E-state index in [1.807, 2.05) is 0 Å². The normalized spacial score (nSPS) is 10.8. The van der Waals surface area contributed by atoms with E-state index in [-0.39, 0.29) is 18.0 Å². The lowest BCUT2D eigenvalue weighted by molar-refractivity contribution is 0.301. The summed E-state index contributed by atoms with van der Waals surface area (Å²) < 4.78 is 25.3. The van der Waals surface area contributed by atoms with Gasteiger partial charge in [0.05, 0.1) is 11.5 Å². The third-order valence-corrected chi connectivity index (χ3v) is 3.19. The van der Waals surface area contributed by atoms with E-state index in [0.717, 1.165) is 0 Å². The molecule has 0 saturated heterocycles. The first-order valence-electron chi connectivity index (χ1n) is 4.36. The van der Waals surface area contributed by atoms with Gasteiger partial charge in [-0.3, -0.25) is 0 Å². The summed E-state index contributed by atoms with van der Waals surface area (Å²) in [5, 5.41) is 11.8. The Morgan fingerprint density at radius 2 is 2.00 bits per heavy atom. The van der Waals surface area contributed by atoms with Gasteiger partial charge in [0.15, 0.2) is 0 Å². The molecule has 0 radical (unpaired) electrons. The Hall–Kier alpha value is -1.60. The molecular formula is C8H10N4O3S. The van der Waals surface area contributed by atoms with E-state index in [0.29, 0.717) is 5.69 Å². The maximum absolute atomic E-state index is 11.5. The zero-order valence-electron chi connectivity index (χ0n) is 8.24. The first-order valence-corrected chi connectivity index (χ1v) is 5.84. The molecule has 0 spiro atoms. The van der Waals surface area contributed by atoms with Crippen LogP contribution < -0.4 is 4.72 Å². The molecule has 8 heteroatoms. The fourth-order valence-corrected chi connectivity index (χ4v) is 2.03. The van der Waals surface area contributed by atoms with Crippen LogP contribution in [0.4, 0.5) is 5.69 Å². The molecule has 0 aromatic heterocycles. The minimum absolute atomic E-state index is 0.0412. The Morgan fingerprint density at radius 1 is 1.38 bits per heavy atom. The van der Waals surface area contributed by atoms with Crippen LogP contribution in [0.3, 0.4) is 0 Å². The molecule has 0 heterocycles. The molecule has 0 unspecified atom stereocenters. The van der Waals surface area contributed by atoms with E-state index in [1.54, 1.807) is 0 Å². The summed E-state index contributed by atoms with van der Waals surface area (Å²) in [6.45, 7) is -0.309. The van der Waals surface area contributed by atoms with E-state index < -0.39 is 10.0 Å². The SMILES string of the molecule is [N-]=[N+]=Nc1ccc(S(=O)(=O)NCCO)cc1. The van der Waals surface area contributed by atoms with Gasteiger partial charge < -0.3 is 5.11 Å². The van der Waals surface area contributed by atoms with Crippen LogP contribution in [0, 0.1) is 0 Å². The Labute approximate surface area is 92.4 Å². The van der Waals surface area contributed by atoms with Crippen molar-refractivity contribution in [2.24, 2.45) is 5.11 Å². The Kier molecular flexibility index (Phi) is 4.27. The number of nitrogens with zero attached hydrogens (tertiary/aromatic N) is 3. The number of rotatable bonds is 5. The van der Waals surface area contributed by atoms with Crippen LogP contribution >= 0.6 is 0 Å². The van der Waals surface area contributed by atoms with Gasteiger partial charge >= 0.3 is 0 Å². The summed E-state index contributed by atoms with van der Waals surface area (Å²) in [5.74, 6) is 0. The first kappa shape index (κ1) is 12.5. The number of sulfonamides is 1. The van der Waals surface area contributed by atoms with Gasteiger partial charge in [0.2, 0.25) is 10.0 Å². The first-order chi connectivity index (χ1) is 7.60. The van der Waals surface area contributed by atoms with Crippen LogP contribution in [0.15, 0.2) is 34.3 Å². The molecule has 7 nitrogen and oxygen atoms in total. The standard InChI is InChI=1S/C8H10N4O3S/c9-12-11-7-1-3-8(4-2-7)16(14,15)10-5-6-13/h1-4,10,13H,5-6H2. The van der Waals surface area contributed by atoms with Crippen molar-refractivity contribution in [1.82, 2.24) is 4.72 Å². The molecule has 0 aliphatic rings. The number of benzene rings is 1. The predicted octanol–water partition coefficient (Wildman–Crippen LogP) is 0.899. The average molecular weight is 242 g/mol. The number of nitrogens with one attached hydrogen (secondary N) is 1. The molecule has 1 aromatic rings. The Balaban J connectivity index is 2.92. The maximum Gasteiger partial charge on any atom is 0.240 e. The molecule has 0 aliphatic heterocycles. The van der Waals surface area contributed by atoms with Crippen LogP contribution in [-0.4, -0.2) is 26.7 Å². The average Bonchev–Trinajstić information content (AvgIpc) is 2.28. The molecule has 0 amide bonds. The topological polar surface area (TPSA) is 115 Å². The van der Waals surface area contributed by atoms with Crippen LogP contribution in [-0.2, 0) is 10.0 Å². The molecule has 86 valence electrons. The van der Waals surface area contributed by atoms with Crippen molar-refractivity contribution in [3.8, 4) is 0 Å². The predicted molar refractivity (Wildman–Crippen MR) is 57.5 cm³/mol. The minimum Gasteiger partial charge on any atom is -0.395 e. The van der Waals surface area contributed by atoms with Crippen molar-refractivity contribution >= 4 is 15.7 Å². The number of aliphatic hydroxyl groups excluding tert-OH is 1. The molecule has 0 fully saturated rings. The number of aliphatic hydroxyl groups is 1. The molecule has 0 aliphatic carbocycles. The van der Waals surface area contributed by atoms with Gasteiger partial charge in [0.1, 0.15) is 0 Å². The van der Waals surface area contributed by atoms with Gasteiger partial charge in [-0.2, -0.15) is 0 Å². The number of azide groups is 1. The van der Waals surface area contributed by atoms with Crippen LogP contribution in [0.1, 0.15) is 0 Å². The second-order valence-electron chi connectivity index (χ2n) is 2.80. The van der Waals surface area contributed by atoms with Crippen molar-refractivity contribution < 1.29 is 13.5 Å².